The van der Waals surface area contributed by atoms with Gasteiger partial charge in [0.05, 0.1) is 0 Å². The maximum atomic E-state index is 10.7. The van der Waals surface area contributed by atoms with Crippen LogP contribution in [0, 0.1) is 5.92 Å². The Kier molecular flexibility index (Phi) is 2.76. The fraction of sp³-hybridized carbons (Fsp3) is 0.500. The van der Waals surface area contributed by atoms with Gasteiger partial charge in [-0.1, -0.05) is 13.8 Å². The molecule has 13 heavy (non-hydrogen) atoms. The minimum atomic E-state index is -0.863. The van der Waals surface area contributed by atoms with Crippen LogP contribution < -0.4 is 0 Å². The van der Waals surface area contributed by atoms with Crippen LogP contribution in [0.2, 0.25) is 0 Å². The van der Waals surface area contributed by atoms with Gasteiger partial charge in [-0.2, -0.15) is 0 Å². The normalized spacial score (nSPS) is 10.8. The number of hydrogen-bond donors (Lipinski definition) is 1. The lowest BCUT2D eigenvalue weighted by molar-refractivity contribution is 0.0686. The summed E-state index contributed by atoms with van der Waals surface area (Å²) < 4.78 is 1.74. The van der Waals surface area contributed by atoms with Crippen molar-refractivity contribution < 1.29 is 9.90 Å². The van der Waals surface area contributed by atoms with Gasteiger partial charge < -0.3 is 9.67 Å². The van der Waals surface area contributed by atoms with Crippen LogP contribution in [0.1, 0.15) is 30.0 Å². The molecule has 1 aromatic rings. The van der Waals surface area contributed by atoms with Crippen molar-refractivity contribution in [1.82, 2.24) is 4.57 Å². The summed E-state index contributed by atoms with van der Waals surface area (Å²) in [5.41, 5.74) is 1.43. The molecule has 0 saturated carbocycles. The highest BCUT2D eigenvalue weighted by atomic mass is 16.4. The van der Waals surface area contributed by atoms with Gasteiger partial charge in [0.25, 0.3) is 0 Å². The topological polar surface area (TPSA) is 42.2 Å². The molecule has 1 N–H and O–H groups in total. The van der Waals surface area contributed by atoms with Crippen LogP contribution in [0.4, 0.5) is 0 Å². The number of aromatic carboxylic acids is 1. The highest BCUT2D eigenvalue weighted by Crippen LogP contribution is 2.11. The van der Waals surface area contributed by atoms with Gasteiger partial charge >= 0.3 is 5.97 Å². The van der Waals surface area contributed by atoms with Gasteiger partial charge in [-0.05, 0) is 24.5 Å². The van der Waals surface area contributed by atoms with Crippen molar-refractivity contribution in [2.45, 2.75) is 20.3 Å². The molecule has 0 aliphatic rings. The number of carboxylic acids is 1. The van der Waals surface area contributed by atoms with Gasteiger partial charge in [0, 0.05) is 12.7 Å². The van der Waals surface area contributed by atoms with Gasteiger partial charge in [-0.25, -0.2) is 4.79 Å². The third kappa shape index (κ3) is 2.11. The number of rotatable bonds is 3. The maximum Gasteiger partial charge on any atom is 0.352 e. The van der Waals surface area contributed by atoms with Crippen LogP contribution >= 0.6 is 0 Å². The van der Waals surface area contributed by atoms with E-state index in [1.54, 1.807) is 17.7 Å². The SMILES string of the molecule is CC(C)Cc1ccc(C(=O)O)n1C. The first-order valence-corrected chi connectivity index (χ1v) is 4.40. The summed E-state index contributed by atoms with van der Waals surface area (Å²) in [6.07, 6.45) is 0.920. The molecule has 0 unspecified atom stereocenters. The van der Waals surface area contributed by atoms with E-state index in [1.165, 1.54) is 0 Å². The van der Waals surface area contributed by atoms with Gasteiger partial charge in [0.15, 0.2) is 0 Å². The molecule has 0 radical (unpaired) electrons. The molecule has 0 atom stereocenters. The summed E-state index contributed by atoms with van der Waals surface area (Å²) in [6, 6.07) is 3.53. The molecular formula is C10H15NO2. The Morgan fingerprint density at radius 1 is 1.54 bits per heavy atom. The lowest BCUT2D eigenvalue weighted by Crippen LogP contribution is -2.08. The minimum Gasteiger partial charge on any atom is -0.477 e. The molecule has 72 valence electrons. The molecular weight excluding hydrogens is 166 g/mol. The van der Waals surface area contributed by atoms with E-state index in [2.05, 4.69) is 13.8 Å². The van der Waals surface area contributed by atoms with Gasteiger partial charge in [0.2, 0.25) is 0 Å². The summed E-state index contributed by atoms with van der Waals surface area (Å²) in [6.45, 7) is 4.24. The Hall–Kier alpha value is -1.25. The smallest absolute Gasteiger partial charge is 0.352 e. The fourth-order valence-corrected chi connectivity index (χ4v) is 1.39. The van der Waals surface area contributed by atoms with Crippen LogP contribution in [-0.4, -0.2) is 15.6 Å². The molecule has 0 saturated heterocycles. The summed E-state index contributed by atoms with van der Waals surface area (Å²) in [5.74, 6) is -0.312. The molecule has 0 aliphatic carbocycles. The molecule has 3 heteroatoms. The van der Waals surface area contributed by atoms with Crippen molar-refractivity contribution in [3.63, 3.8) is 0 Å². The molecule has 1 heterocycles. The first kappa shape index (κ1) is 9.84. The zero-order chi connectivity index (χ0) is 10.0. The third-order valence-electron chi connectivity index (χ3n) is 2.06. The van der Waals surface area contributed by atoms with Crippen LogP contribution in [0.15, 0.2) is 12.1 Å². The van der Waals surface area contributed by atoms with E-state index < -0.39 is 5.97 Å². The predicted octanol–water partition coefficient (Wildman–Crippen LogP) is 1.92. The van der Waals surface area contributed by atoms with E-state index in [9.17, 15) is 4.79 Å². The number of carbonyl (C=O) groups is 1. The molecule has 0 fully saturated rings. The van der Waals surface area contributed by atoms with Gasteiger partial charge in [0.1, 0.15) is 5.69 Å². The van der Waals surface area contributed by atoms with Crippen molar-refractivity contribution in [1.29, 1.82) is 0 Å². The zero-order valence-corrected chi connectivity index (χ0v) is 8.24. The molecule has 1 rings (SSSR count). The molecule has 1 aromatic heterocycles. The number of aromatic nitrogens is 1. The number of hydrogen-bond acceptors (Lipinski definition) is 1. The largest absolute Gasteiger partial charge is 0.477 e. The highest BCUT2D eigenvalue weighted by Gasteiger charge is 2.10. The molecule has 3 nitrogen and oxygen atoms in total. The third-order valence-corrected chi connectivity index (χ3v) is 2.06. The first-order valence-electron chi connectivity index (χ1n) is 4.40. The molecule has 0 spiro atoms. The Bertz CT molecular complexity index is 313. The lowest BCUT2D eigenvalue weighted by Gasteiger charge is -2.07. The van der Waals surface area contributed by atoms with E-state index in [0.717, 1.165) is 12.1 Å². The predicted molar refractivity (Wildman–Crippen MR) is 50.9 cm³/mol. The van der Waals surface area contributed by atoms with E-state index in [4.69, 9.17) is 5.11 Å². The van der Waals surface area contributed by atoms with E-state index in [1.807, 2.05) is 6.07 Å². The molecule has 0 amide bonds. The van der Waals surface area contributed by atoms with Crippen molar-refractivity contribution in [3.05, 3.63) is 23.5 Å². The van der Waals surface area contributed by atoms with E-state index in [-0.39, 0.29) is 0 Å². The second-order valence-corrected chi connectivity index (χ2v) is 3.67. The highest BCUT2D eigenvalue weighted by molar-refractivity contribution is 5.86. The second-order valence-electron chi connectivity index (χ2n) is 3.67. The van der Waals surface area contributed by atoms with Crippen LogP contribution in [-0.2, 0) is 13.5 Å². The number of nitrogens with zero attached hydrogens (tertiary/aromatic N) is 1. The van der Waals surface area contributed by atoms with Crippen LogP contribution in [0.3, 0.4) is 0 Å². The quantitative estimate of drug-likeness (QED) is 0.774. The first-order chi connectivity index (χ1) is 6.02. The van der Waals surface area contributed by atoms with Crippen molar-refractivity contribution in [2.75, 3.05) is 0 Å². The average molecular weight is 181 g/mol. The van der Waals surface area contributed by atoms with Crippen molar-refractivity contribution in [3.8, 4) is 0 Å². The van der Waals surface area contributed by atoms with E-state index >= 15 is 0 Å². The number of carboxylic acid groups (broad SMARTS) is 1. The molecule has 0 aromatic carbocycles. The van der Waals surface area contributed by atoms with Crippen molar-refractivity contribution in [2.24, 2.45) is 13.0 Å². The summed E-state index contributed by atoms with van der Waals surface area (Å²) in [4.78, 5) is 10.7. The second kappa shape index (κ2) is 3.64. The summed E-state index contributed by atoms with van der Waals surface area (Å²) >= 11 is 0. The summed E-state index contributed by atoms with van der Waals surface area (Å²) in [5, 5.41) is 8.79. The lowest BCUT2D eigenvalue weighted by atomic mass is 10.1. The molecule has 0 aliphatic heterocycles. The Labute approximate surface area is 78.0 Å². The standard InChI is InChI=1S/C10H15NO2/c1-7(2)6-8-4-5-9(10(12)13)11(8)3/h4-5,7H,6H2,1-3H3,(H,12,13). The van der Waals surface area contributed by atoms with E-state index in [0.29, 0.717) is 11.6 Å². The average Bonchev–Trinajstić information content (AvgIpc) is 2.32. The van der Waals surface area contributed by atoms with Crippen LogP contribution in [0.5, 0.6) is 0 Å². The molecule has 0 bridgehead atoms. The Balaban J connectivity index is 2.93. The summed E-state index contributed by atoms with van der Waals surface area (Å²) in [7, 11) is 1.79. The fourth-order valence-electron chi connectivity index (χ4n) is 1.39. The van der Waals surface area contributed by atoms with Gasteiger partial charge in [-0.3, -0.25) is 0 Å². The minimum absolute atomic E-state index is 0.357. The van der Waals surface area contributed by atoms with Crippen molar-refractivity contribution >= 4 is 5.97 Å². The monoisotopic (exact) mass is 181 g/mol. The Morgan fingerprint density at radius 2 is 2.15 bits per heavy atom. The van der Waals surface area contributed by atoms with Crippen LogP contribution in [0.25, 0.3) is 0 Å². The Morgan fingerprint density at radius 3 is 2.54 bits per heavy atom. The maximum absolute atomic E-state index is 10.7. The van der Waals surface area contributed by atoms with Gasteiger partial charge in [-0.15, -0.1) is 0 Å². The zero-order valence-electron chi connectivity index (χ0n) is 8.24.